The summed E-state index contributed by atoms with van der Waals surface area (Å²) in [6.45, 7) is 4.05. The van der Waals surface area contributed by atoms with Crippen LogP contribution in [-0.4, -0.2) is 34.5 Å². The second kappa shape index (κ2) is 4.57. The number of carbonyl (C=O) groups excluding carboxylic acids is 2. The van der Waals surface area contributed by atoms with Crippen molar-refractivity contribution in [3.63, 3.8) is 0 Å². The van der Waals surface area contributed by atoms with Crippen molar-refractivity contribution in [2.45, 2.75) is 32.9 Å². The first kappa shape index (κ1) is 11.6. The summed E-state index contributed by atoms with van der Waals surface area (Å²) in [7, 11) is 0. The number of nitrogens with one attached hydrogen (secondary N) is 1. The molecule has 1 aromatic heterocycles. The Balaban J connectivity index is 2.09. The molecule has 1 fully saturated rings. The first-order valence-corrected chi connectivity index (χ1v) is 5.60. The molecule has 2 amide bonds. The van der Waals surface area contributed by atoms with E-state index in [4.69, 9.17) is 4.52 Å². The van der Waals surface area contributed by atoms with Gasteiger partial charge in [-0.25, -0.2) is 0 Å². The van der Waals surface area contributed by atoms with Gasteiger partial charge in [-0.1, -0.05) is 12.1 Å². The number of hydrogen-bond donors (Lipinski definition) is 1. The number of amides is 2. The van der Waals surface area contributed by atoms with Crippen LogP contribution < -0.4 is 5.32 Å². The quantitative estimate of drug-likeness (QED) is 0.816. The van der Waals surface area contributed by atoms with Gasteiger partial charge in [-0.15, -0.1) is 0 Å². The Kier molecular flexibility index (Phi) is 3.12. The van der Waals surface area contributed by atoms with Crippen LogP contribution in [0.3, 0.4) is 0 Å². The van der Waals surface area contributed by atoms with E-state index in [0.29, 0.717) is 18.7 Å². The van der Waals surface area contributed by atoms with E-state index in [9.17, 15) is 9.59 Å². The Morgan fingerprint density at radius 3 is 2.94 bits per heavy atom. The molecule has 0 bridgehead atoms. The Labute approximate surface area is 98.9 Å². The molecule has 0 spiro atoms. The molecule has 1 aliphatic rings. The Bertz CT molecular complexity index is 441. The van der Waals surface area contributed by atoms with Crippen LogP contribution in [0.2, 0.25) is 0 Å². The topological polar surface area (TPSA) is 75.4 Å². The summed E-state index contributed by atoms with van der Waals surface area (Å²) >= 11 is 0. The van der Waals surface area contributed by atoms with Crippen molar-refractivity contribution >= 4 is 11.8 Å². The second-order valence-corrected chi connectivity index (χ2v) is 4.16. The van der Waals surface area contributed by atoms with Gasteiger partial charge in [-0.3, -0.25) is 9.59 Å². The Morgan fingerprint density at radius 1 is 1.59 bits per heavy atom. The van der Waals surface area contributed by atoms with Crippen LogP contribution in [0.5, 0.6) is 0 Å². The van der Waals surface area contributed by atoms with Gasteiger partial charge in [0.2, 0.25) is 11.8 Å². The molecule has 1 aromatic rings. The lowest BCUT2D eigenvalue weighted by Gasteiger charge is -2.31. The van der Waals surface area contributed by atoms with E-state index in [1.807, 2.05) is 13.8 Å². The minimum atomic E-state index is -0.416. The first-order chi connectivity index (χ1) is 8.10. The highest BCUT2D eigenvalue weighted by Crippen LogP contribution is 2.11. The van der Waals surface area contributed by atoms with Crippen LogP contribution >= 0.6 is 0 Å². The molecule has 0 saturated carbocycles. The summed E-state index contributed by atoms with van der Waals surface area (Å²) < 4.78 is 5.04. The van der Waals surface area contributed by atoms with Crippen LogP contribution in [-0.2, 0) is 16.1 Å². The molecule has 17 heavy (non-hydrogen) atoms. The van der Waals surface area contributed by atoms with Crippen LogP contribution in [0.4, 0.5) is 0 Å². The average molecular weight is 237 g/mol. The molecule has 1 atom stereocenters. The number of nitrogens with zero attached hydrogens (tertiary/aromatic N) is 2. The highest BCUT2D eigenvalue weighted by molar-refractivity contribution is 5.94. The third-order valence-electron chi connectivity index (χ3n) is 2.71. The number of hydrogen-bond acceptors (Lipinski definition) is 4. The lowest BCUT2D eigenvalue weighted by Crippen LogP contribution is -2.57. The maximum atomic E-state index is 12.0. The molecule has 2 rings (SSSR count). The van der Waals surface area contributed by atoms with Crippen molar-refractivity contribution in [3.05, 3.63) is 17.5 Å². The predicted octanol–water partition coefficient (Wildman–Crippen LogP) is 0.220. The molecule has 1 saturated heterocycles. The molecule has 1 N–H and O–H groups in total. The minimum absolute atomic E-state index is 0.0684. The molecular formula is C11H15N3O3. The van der Waals surface area contributed by atoms with Gasteiger partial charge in [0.15, 0.2) is 5.76 Å². The molecule has 1 aliphatic heterocycles. The van der Waals surface area contributed by atoms with Crippen LogP contribution in [0.25, 0.3) is 0 Å². The van der Waals surface area contributed by atoms with E-state index in [-0.39, 0.29) is 18.4 Å². The standard InChI is InChI=1S/C11H15N3O3/c1-3-9-11(16)14(6-10(15)12-9)5-8-4-7(2)13-17-8/h4,9H,3,5-6H2,1-2H3,(H,12,15). The summed E-state index contributed by atoms with van der Waals surface area (Å²) in [5, 5.41) is 6.41. The van der Waals surface area contributed by atoms with E-state index < -0.39 is 6.04 Å². The molecule has 1 unspecified atom stereocenters. The van der Waals surface area contributed by atoms with Crippen molar-refractivity contribution in [1.29, 1.82) is 0 Å². The molecule has 2 heterocycles. The van der Waals surface area contributed by atoms with Gasteiger partial charge in [0.05, 0.1) is 12.2 Å². The van der Waals surface area contributed by atoms with E-state index in [1.54, 1.807) is 6.07 Å². The second-order valence-electron chi connectivity index (χ2n) is 4.16. The van der Waals surface area contributed by atoms with Crippen molar-refractivity contribution in [2.24, 2.45) is 0 Å². The molecule has 92 valence electrons. The van der Waals surface area contributed by atoms with Gasteiger partial charge in [0.25, 0.3) is 0 Å². The summed E-state index contributed by atoms with van der Waals surface area (Å²) in [6.07, 6.45) is 0.594. The average Bonchev–Trinajstić information content (AvgIpc) is 2.69. The smallest absolute Gasteiger partial charge is 0.246 e. The fourth-order valence-corrected chi connectivity index (χ4v) is 1.86. The summed E-state index contributed by atoms with van der Waals surface area (Å²) in [6, 6.07) is 1.35. The molecular weight excluding hydrogens is 222 g/mol. The van der Waals surface area contributed by atoms with Crippen molar-refractivity contribution in [1.82, 2.24) is 15.4 Å². The SMILES string of the molecule is CCC1NC(=O)CN(Cc2cc(C)no2)C1=O. The zero-order chi connectivity index (χ0) is 12.4. The first-order valence-electron chi connectivity index (χ1n) is 5.60. The lowest BCUT2D eigenvalue weighted by molar-refractivity contribution is -0.145. The Morgan fingerprint density at radius 2 is 2.35 bits per heavy atom. The molecule has 0 aromatic carbocycles. The Hall–Kier alpha value is -1.85. The number of piperazine rings is 1. The predicted molar refractivity (Wildman–Crippen MR) is 58.9 cm³/mol. The highest BCUT2D eigenvalue weighted by Gasteiger charge is 2.31. The zero-order valence-electron chi connectivity index (χ0n) is 9.90. The van der Waals surface area contributed by atoms with Crippen molar-refractivity contribution in [3.8, 4) is 0 Å². The van der Waals surface area contributed by atoms with Crippen LogP contribution in [0, 0.1) is 6.92 Å². The summed E-state index contributed by atoms with van der Waals surface area (Å²) in [5.74, 6) is 0.397. The van der Waals surface area contributed by atoms with Gasteiger partial charge >= 0.3 is 0 Å². The highest BCUT2D eigenvalue weighted by atomic mass is 16.5. The maximum absolute atomic E-state index is 12.0. The fourth-order valence-electron chi connectivity index (χ4n) is 1.86. The van der Waals surface area contributed by atoms with Crippen LogP contribution in [0.1, 0.15) is 24.8 Å². The monoisotopic (exact) mass is 237 g/mol. The minimum Gasteiger partial charge on any atom is -0.359 e. The fraction of sp³-hybridized carbons (Fsp3) is 0.545. The lowest BCUT2D eigenvalue weighted by atomic mass is 10.1. The zero-order valence-corrected chi connectivity index (χ0v) is 9.90. The van der Waals surface area contributed by atoms with E-state index in [1.165, 1.54) is 4.90 Å². The third kappa shape index (κ3) is 2.46. The molecule has 6 heteroatoms. The van der Waals surface area contributed by atoms with E-state index in [2.05, 4.69) is 10.5 Å². The van der Waals surface area contributed by atoms with Gasteiger partial charge in [-0.05, 0) is 13.3 Å². The maximum Gasteiger partial charge on any atom is 0.246 e. The molecule has 0 radical (unpaired) electrons. The largest absolute Gasteiger partial charge is 0.359 e. The van der Waals surface area contributed by atoms with Gasteiger partial charge in [0.1, 0.15) is 12.6 Å². The molecule has 0 aliphatic carbocycles. The van der Waals surface area contributed by atoms with E-state index in [0.717, 1.165) is 5.69 Å². The normalized spacial score (nSPS) is 20.6. The number of carbonyl (C=O) groups is 2. The number of rotatable bonds is 3. The van der Waals surface area contributed by atoms with Crippen molar-refractivity contribution in [2.75, 3.05) is 6.54 Å². The summed E-state index contributed by atoms with van der Waals surface area (Å²) in [5.41, 5.74) is 0.765. The third-order valence-corrected chi connectivity index (χ3v) is 2.71. The molecule has 6 nitrogen and oxygen atoms in total. The van der Waals surface area contributed by atoms with E-state index >= 15 is 0 Å². The summed E-state index contributed by atoms with van der Waals surface area (Å²) in [4.78, 5) is 24.9. The van der Waals surface area contributed by atoms with Gasteiger partial charge in [0, 0.05) is 6.07 Å². The van der Waals surface area contributed by atoms with Crippen LogP contribution in [0.15, 0.2) is 10.6 Å². The van der Waals surface area contributed by atoms with Crippen molar-refractivity contribution < 1.29 is 14.1 Å². The number of aryl methyl sites for hydroxylation is 1. The van der Waals surface area contributed by atoms with Gasteiger partial charge in [-0.2, -0.15) is 0 Å². The number of aromatic nitrogens is 1. The van der Waals surface area contributed by atoms with Gasteiger partial charge < -0.3 is 14.7 Å².